The van der Waals surface area contributed by atoms with Gasteiger partial charge in [0.05, 0.1) is 0 Å². The van der Waals surface area contributed by atoms with Crippen molar-refractivity contribution in [3.8, 4) is 5.75 Å². The monoisotopic (exact) mass is 217 g/mol. The average Bonchev–Trinajstić information content (AvgIpc) is 2.74. The van der Waals surface area contributed by atoms with Crippen molar-refractivity contribution in [2.75, 3.05) is 6.54 Å². The van der Waals surface area contributed by atoms with Crippen LogP contribution in [0.25, 0.3) is 0 Å². The highest BCUT2D eigenvalue weighted by atomic mass is 16.3. The van der Waals surface area contributed by atoms with Crippen LogP contribution in [-0.4, -0.2) is 22.6 Å². The zero-order valence-electron chi connectivity index (χ0n) is 9.60. The van der Waals surface area contributed by atoms with Crippen molar-refractivity contribution in [2.24, 2.45) is 0 Å². The Kier molecular flexibility index (Phi) is 2.60. The minimum atomic E-state index is 0.372. The van der Waals surface area contributed by atoms with Crippen molar-refractivity contribution in [3.05, 3.63) is 29.8 Å². The van der Waals surface area contributed by atoms with Gasteiger partial charge in [-0.25, -0.2) is 0 Å². The Morgan fingerprint density at radius 2 is 1.81 bits per heavy atom. The molecule has 1 N–H and O–H groups in total. The van der Waals surface area contributed by atoms with Crippen LogP contribution < -0.4 is 0 Å². The van der Waals surface area contributed by atoms with Gasteiger partial charge in [0.15, 0.2) is 0 Å². The van der Waals surface area contributed by atoms with Gasteiger partial charge in [-0.3, -0.25) is 4.90 Å². The van der Waals surface area contributed by atoms with E-state index in [-0.39, 0.29) is 0 Å². The molecule has 1 aromatic carbocycles. The number of nitrogens with zero attached hydrogens (tertiary/aromatic N) is 1. The summed E-state index contributed by atoms with van der Waals surface area (Å²) in [6.45, 7) is 1.26. The molecular formula is C14H19NO. The molecule has 0 radical (unpaired) electrons. The van der Waals surface area contributed by atoms with Gasteiger partial charge in [-0.15, -0.1) is 0 Å². The number of phenols is 1. The molecule has 16 heavy (non-hydrogen) atoms. The minimum Gasteiger partial charge on any atom is -0.508 e. The van der Waals surface area contributed by atoms with E-state index < -0.39 is 0 Å². The molecule has 2 aliphatic rings. The van der Waals surface area contributed by atoms with Crippen molar-refractivity contribution in [1.29, 1.82) is 0 Å². The highest BCUT2D eigenvalue weighted by molar-refractivity contribution is 5.28. The number of piperidine rings is 1. The van der Waals surface area contributed by atoms with Crippen LogP contribution in [0.15, 0.2) is 24.3 Å². The average molecular weight is 217 g/mol. The normalized spacial score (nSPS) is 30.2. The van der Waals surface area contributed by atoms with Gasteiger partial charge in [0.1, 0.15) is 5.75 Å². The molecule has 2 heteroatoms. The van der Waals surface area contributed by atoms with Gasteiger partial charge in [0.2, 0.25) is 0 Å². The molecule has 2 nitrogen and oxygen atoms in total. The van der Waals surface area contributed by atoms with Crippen LogP contribution in [0.2, 0.25) is 0 Å². The number of phenolic OH excluding ortho intramolecular Hbond substituents is 1. The molecule has 0 spiro atoms. The Labute approximate surface area is 96.9 Å². The molecule has 0 aromatic heterocycles. The largest absolute Gasteiger partial charge is 0.508 e. The Bertz CT molecular complexity index is 360. The van der Waals surface area contributed by atoms with Crippen molar-refractivity contribution in [1.82, 2.24) is 4.90 Å². The van der Waals surface area contributed by atoms with E-state index in [1.807, 2.05) is 12.1 Å². The van der Waals surface area contributed by atoms with Crippen LogP contribution in [0.3, 0.4) is 0 Å². The molecule has 2 fully saturated rings. The first-order chi connectivity index (χ1) is 7.84. The van der Waals surface area contributed by atoms with E-state index in [0.29, 0.717) is 11.8 Å². The second kappa shape index (κ2) is 4.10. The third kappa shape index (κ3) is 1.71. The number of hydrogen-bond donors (Lipinski definition) is 1. The zero-order valence-corrected chi connectivity index (χ0v) is 9.60. The van der Waals surface area contributed by atoms with Gasteiger partial charge >= 0.3 is 0 Å². The quantitative estimate of drug-likeness (QED) is 0.781. The lowest BCUT2D eigenvalue weighted by molar-refractivity contribution is 0.150. The van der Waals surface area contributed by atoms with Gasteiger partial charge < -0.3 is 5.11 Å². The summed E-state index contributed by atoms with van der Waals surface area (Å²) in [4.78, 5) is 2.68. The SMILES string of the molecule is Oc1ccc([C@@H]2CC[C@H]3CCCCN32)cc1. The van der Waals surface area contributed by atoms with Gasteiger partial charge in [-0.05, 0) is 49.9 Å². The first kappa shape index (κ1) is 10.2. The van der Waals surface area contributed by atoms with E-state index in [1.54, 1.807) is 0 Å². The summed E-state index contributed by atoms with van der Waals surface area (Å²) < 4.78 is 0. The van der Waals surface area contributed by atoms with Crippen molar-refractivity contribution in [3.63, 3.8) is 0 Å². The van der Waals surface area contributed by atoms with Crippen LogP contribution >= 0.6 is 0 Å². The lowest BCUT2D eigenvalue weighted by Crippen LogP contribution is -2.35. The second-order valence-corrected chi connectivity index (χ2v) is 5.07. The summed E-state index contributed by atoms with van der Waals surface area (Å²) >= 11 is 0. The molecule has 2 heterocycles. The Morgan fingerprint density at radius 3 is 2.62 bits per heavy atom. The lowest BCUT2D eigenvalue weighted by atomic mass is 10.0. The molecule has 1 aromatic rings. The molecule has 0 amide bonds. The van der Waals surface area contributed by atoms with Gasteiger partial charge in [-0.2, -0.15) is 0 Å². The van der Waals surface area contributed by atoms with Crippen LogP contribution in [0.1, 0.15) is 43.7 Å². The van der Waals surface area contributed by atoms with E-state index in [9.17, 15) is 5.11 Å². The summed E-state index contributed by atoms with van der Waals surface area (Å²) in [5.74, 6) is 0.372. The van der Waals surface area contributed by atoms with E-state index >= 15 is 0 Å². The summed E-state index contributed by atoms with van der Waals surface area (Å²) in [5.41, 5.74) is 1.38. The van der Waals surface area contributed by atoms with Gasteiger partial charge in [-0.1, -0.05) is 18.6 Å². The second-order valence-electron chi connectivity index (χ2n) is 5.07. The number of hydrogen-bond acceptors (Lipinski definition) is 2. The zero-order chi connectivity index (χ0) is 11.0. The van der Waals surface area contributed by atoms with E-state index in [1.165, 1.54) is 44.2 Å². The molecule has 0 unspecified atom stereocenters. The van der Waals surface area contributed by atoms with Crippen molar-refractivity contribution >= 4 is 0 Å². The van der Waals surface area contributed by atoms with Crippen molar-refractivity contribution < 1.29 is 5.11 Å². The Morgan fingerprint density at radius 1 is 1.00 bits per heavy atom. The number of fused-ring (bicyclic) bond motifs is 1. The van der Waals surface area contributed by atoms with E-state index in [4.69, 9.17) is 0 Å². The maximum Gasteiger partial charge on any atom is 0.115 e. The molecule has 2 saturated heterocycles. The minimum absolute atomic E-state index is 0.372. The van der Waals surface area contributed by atoms with Crippen LogP contribution in [-0.2, 0) is 0 Å². The first-order valence-electron chi connectivity index (χ1n) is 6.39. The third-order valence-electron chi connectivity index (χ3n) is 4.12. The molecule has 2 atom stereocenters. The van der Waals surface area contributed by atoms with Crippen LogP contribution in [0, 0.1) is 0 Å². The number of rotatable bonds is 1. The topological polar surface area (TPSA) is 23.5 Å². The highest BCUT2D eigenvalue weighted by Crippen LogP contribution is 2.40. The molecule has 0 aliphatic carbocycles. The van der Waals surface area contributed by atoms with Crippen LogP contribution in [0.4, 0.5) is 0 Å². The number of benzene rings is 1. The fourth-order valence-electron chi connectivity index (χ4n) is 3.31. The molecular weight excluding hydrogens is 198 g/mol. The third-order valence-corrected chi connectivity index (χ3v) is 4.12. The fourth-order valence-corrected chi connectivity index (χ4v) is 3.31. The van der Waals surface area contributed by atoms with Gasteiger partial charge in [0.25, 0.3) is 0 Å². The molecule has 0 saturated carbocycles. The maximum atomic E-state index is 9.32. The summed E-state index contributed by atoms with van der Waals surface area (Å²) in [6, 6.07) is 9.21. The standard InChI is InChI=1S/C14H19NO/c16-13-7-4-11(5-8-13)14-9-6-12-3-1-2-10-15(12)14/h4-5,7-8,12,14,16H,1-3,6,9-10H2/t12-,14+/m1/s1. The maximum absolute atomic E-state index is 9.32. The summed E-state index contributed by atoms with van der Waals surface area (Å²) in [6.07, 6.45) is 6.78. The smallest absolute Gasteiger partial charge is 0.115 e. The lowest BCUT2D eigenvalue weighted by Gasteiger charge is -2.34. The van der Waals surface area contributed by atoms with Crippen LogP contribution in [0.5, 0.6) is 5.75 Å². The Balaban J connectivity index is 1.82. The predicted octanol–water partition coefficient (Wildman–Crippen LogP) is 3.08. The summed E-state index contributed by atoms with van der Waals surface area (Å²) in [7, 11) is 0. The molecule has 86 valence electrons. The molecule has 3 rings (SSSR count). The Hall–Kier alpha value is -1.02. The van der Waals surface area contributed by atoms with E-state index in [2.05, 4.69) is 17.0 Å². The molecule has 0 bridgehead atoms. The first-order valence-corrected chi connectivity index (χ1v) is 6.39. The summed E-state index contributed by atoms with van der Waals surface area (Å²) in [5, 5.41) is 9.32. The molecule has 2 aliphatic heterocycles. The number of aromatic hydroxyl groups is 1. The highest BCUT2D eigenvalue weighted by Gasteiger charge is 2.35. The van der Waals surface area contributed by atoms with Crippen molar-refractivity contribution in [2.45, 2.75) is 44.2 Å². The van der Waals surface area contributed by atoms with Gasteiger partial charge in [0, 0.05) is 12.1 Å². The van der Waals surface area contributed by atoms with E-state index in [0.717, 1.165) is 6.04 Å². The predicted molar refractivity (Wildman–Crippen MR) is 64.4 cm³/mol. The fraction of sp³-hybridized carbons (Fsp3) is 0.571.